The first-order valence-corrected chi connectivity index (χ1v) is 9.78. The molecule has 0 radical (unpaired) electrons. The highest BCUT2D eigenvalue weighted by Crippen LogP contribution is 2.29. The first-order valence-electron chi connectivity index (χ1n) is 9.78. The number of benzene rings is 1. The molecule has 1 fully saturated rings. The molecule has 1 amide bonds. The molecule has 2 N–H and O–H groups in total. The number of nitrogens with one attached hydrogen (secondary N) is 1. The van der Waals surface area contributed by atoms with E-state index in [1.807, 2.05) is 0 Å². The molecule has 1 saturated heterocycles. The Morgan fingerprint density at radius 2 is 1.86 bits per heavy atom. The topological polar surface area (TPSA) is 95.4 Å². The fourth-order valence-corrected chi connectivity index (χ4v) is 3.24. The Morgan fingerprint density at radius 1 is 1.21 bits per heavy atom. The van der Waals surface area contributed by atoms with E-state index in [1.54, 1.807) is 19.1 Å². The van der Waals surface area contributed by atoms with Gasteiger partial charge < -0.3 is 15.3 Å². The van der Waals surface area contributed by atoms with E-state index in [2.05, 4.69) is 20.2 Å². The van der Waals surface area contributed by atoms with Crippen LogP contribution in [0.1, 0.15) is 50.0 Å². The maximum Gasteiger partial charge on any atom is 0.329 e. The lowest BCUT2D eigenvalue weighted by Gasteiger charge is -2.29. The smallest absolute Gasteiger partial charge is 0.329 e. The maximum absolute atomic E-state index is 13.4. The van der Waals surface area contributed by atoms with Crippen LogP contribution >= 0.6 is 0 Å². The molecule has 1 unspecified atom stereocenters. The second kappa shape index (κ2) is 8.55. The van der Waals surface area contributed by atoms with Crippen molar-refractivity contribution in [3.63, 3.8) is 0 Å². The number of piperidine rings is 1. The van der Waals surface area contributed by atoms with Gasteiger partial charge in [0, 0.05) is 18.7 Å². The highest BCUT2D eigenvalue weighted by molar-refractivity contribution is 5.96. The van der Waals surface area contributed by atoms with Crippen molar-refractivity contribution in [3.8, 4) is 11.3 Å². The number of carbonyl (C=O) groups is 2. The van der Waals surface area contributed by atoms with Crippen LogP contribution < -0.4 is 10.2 Å². The van der Waals surface area contributed by atoms with Crippen LogP contribution in [-0.4, -0.2) is 45.6 Å². The van der Waals surface area contributed by atoms with Crippen molar-refractivity contribution >= 4 is 17.7 Å². The van der Waals surface area contributed by atoms with E-state index in [-0.39, 0.29) is 17.9 Å². The summed E-state index contributed by atoms with van der Waals surface area (Å²) in [5, 5.41) is 11.9. The van der Waals surface area contributed by atoms with Gasteiger partial charge in [-0.05, 0) is 56.9 Å². The van der Waals surface area contributed by atoms with Gasteiger partial charge in [0.05, 0.1) is 6.20 Å². The van der Waals surface area contributed by atoms with Gasteiger partial charge in [0.15, 0.2) is 5.82 Å². The molecule has 2 heterocycles. The lowest BCUT2D eigenvalue weighted by Crippen LogP contribution is -2.51. The predicted molar refractivity (Wildman–Crippen MR) is 107 cm³/mol. The Kier molecular flexibility index (Phi) is 6.10. The van der Waals surface area contributed by atoms with Crippen LogP contribution in [0, 0.1) is 5.82 Å². The lowest BCUT2D eigenvalue weighted by atomic mass is 9.99. The van der Waals surface area contributed by atoms with E-state index in [0.29, 0.717) is 17.1 Å². The molecule has 7 nitrogen and oxygen atoms in total. The second-order valence-corrected chi connectivity index (χ2v) is 7.43. The van der Waals surface area contributed by atoms with Gasteiger partial charge in [0.25, 0.3) is 5.91 Å². The summed E-state index contributed by atoms with van der Waals surface area (Å²) >= 11 is 0. The highest BCUT2D eigenvalue weighted by atomic mass is 19.1. The summed E-state index contributed by atoms with van der Waals surface area (Å²) < 4.78 is 13.4. The van der Waals surface area contributed by atoms with Crippen LogP contribution in [0.3, 0.4) is 0 Å². The number of aromatic nitrogens is 2. The number of rotatable bonds is 6. The molecule has 0 aliphatic carbocycles. The van der Waals surface area contributed by atoms with Gasteiger partial charge in [-0.25, -0.2) is 19.2 Å². The molecule has 2 aromatic rings. The van der Waals surface area contributed by atoms with Crippen molar-refractivity contribution in [2.75, 3.05) is 18.0 Å². The van der Waals surface area contributed by atoms with Gasteiger partial charge in [-0.15, -0.1) is 0 Å². The van der Waals surface area contributed by atoms with Crippen molar-refractivity contribution < 1.29 is 19.1 Å². The van der Waals surface area contributed by atoms with Crippen molar-refractivity contribution in [1.82, 2.24) is 15.3 Å². The highest BCUT2D eigenvalue weighted by Gasteiger charge is 2.33. The summed E-state index contributed by atoms with van der Waals surface area (Å²) in [5.74, 6) is -1.46. The van der Waals surface area contributed by atoms with E-state index in [1.165, 1.54) is 25.3 Å². The molecule has 0 saturated carbocycles. The van der Waals surface area contributed by atoms with E-state index in [9.17, 15) is 19.1 Å². The molecule has 1 atom stereocenters. The largest absolute Gasteiger partial charge is 0.480 e. The summed E-state index contributed by atoms with van der Waals surface area (Å²) in [4.78, 5) is 35.3. The maximum atomic E-state index is 13.4. The first kappa shape index (κ1) is 20.7. The van der Waals surface area contributed by atoms with E-state index < -0.39 is 17.4 Å². The third-order valence-electron chi connectivity index (χ3n) is 5.33. The van der Waals surface area contributed by atoms with Crippen LogP contribution in [0.5, 0.6) is 0 Å². The Balaban J connectivity index is 1.99. The minimum atomic E-state index is -1.40. The zero-order valence-corrected chi connectivity index (χ0v) is 16.6. The Bertz CT molecular complexity index is 897. The van der Waals surface area contributed by atoms with E-state index in [0.717, 1.165) is 32.4 Å². The van der Waals surface area contributed by atoms with Crippen LogP contribution in [-0.2, 0) is 4.79 Å². The second-order valence-electron chi connectivity index (χ2n) is 7.43. The zero-order chi connectivity index (χ0) is 21.0. The predicted octanol–water partition coefficient (Wildman–Crippen LogP) is 3.26. The number of carboxylic acid groups (broad SMARTS) is 1. The van der Waals surface area contributed by atoms with Crippen LogP contribution in [0.2, 0.25) is 0 Å². The summed E-state index contributed by atoms with van der Waals surface area (Å²) in [7, 11) is 0. The molecule has 1 aliphatic heterocycles. The SMILES string of the molecule is CCC(C)(NC(=O)c1cnc(N2CCCCC2)c(-c2ccc(F)cc2)n1)C(=O)O. The standard InChI is InChI=1S/C21H25FN4O3/c1-3-21(2,20(28)29)25-19(27)16-13-23-18(26-11-5-4-6-12-26)17(24-16)14-7-9-15(22)10-8-14/h7-10,13H,3-6,11-12H2,1-2H3,(H,25,27)(H,28,29). The number of hydrogen-bond acceptors (Lipinski definition) is 5. The third-order valence-corrected chi connectivity index (χ3v) is 5.33. The number of hydrogen-bond donors (Lipinski definition) is 2. The van der Waals surface area contributed by atoms with E-state index in [4.69, 9.17) is 0 Å². The van der Waals surface area contributed by atoms with Crippen molar-refractivity contribution in [3.05, 3.63) is 42.0 Å². The van der Waals surface area contributed by atoms with Gasteiger partial charge in [-0.1, -0.05) is 6.92 Å². The van der Waals surface area contributed by atoms with Gasteiger partial charge in [-0.3, -0.25) is 4.79 Å². The average molecular weight is 400 g/mol. The van der Waals surface area contributed by atoms with Gasteiger partial charge in [0.1, 0.15) is 22.7 Å². The number of carboxylic acids is 1. The minimum absolute atomic E-state index is 0.0195. The molecule has 8 heteroatoms. The number of halogens is 1. The Labute approximate surface area is 169 Å². The molecule has 1 aromatic carbocycles. The molecule has 1 aromatic heterocycles. The number of anilines is 1. The number of aliphatic carboxylic acids is 1. The Hall–Kier alpha value is -3.03. The zero-order valence-electron chi connectivity index (χ0n) is 16.6. The van der Waals surface area contributed by atoms with Crippen molar-refractivity contribution in [1.29, 1.82) is 0 Å². The van der Waals surface area contributed by atoms with E-state index >= 15 is 0 Å². The third kappa shape index (κ3) is 4.52. The van der Waals surface area contributed by atoms with Crippen molar-refractivity contribution in [2.45, 2.75) is 45.1 Å². The van der Waals surface area contributed by atoms with Crippen LogP contribution in [0.25, 0.3) is 11.3 Å². The molecular weight excluding hydrogens is 375 g/mol. The molecule has 0 spiro atoms. The number of amides is 1. The summed E-state index contributed by atoms with van der Waals surface area (Å²) in [6.45, 7) is 4.80. The van der Waals surface area contributed by atoms with Gasteiger partial charge in [0.2, 0.25) is 0 Å². The first-order chi connectivity index (χ1) is 13.8. The van der Waals surface area contributed by atoms with Crippen molar-refractivity contribution in [2.24, 2.45) is 0 Å². The van der Waals surface area contributed by atoms with Gasteiger partial charge >= 0.3 is 5.97 Å². The molecule has 0 bridgehead atoms. The number of carbonyl (C=O) groups excluding carboxylic acids is 1. The summed E-state index contributed by atoms with van der Waals surface area (Å²) in [5.41, 5.74) is -0.259. The molecule has 3 rings (SSSR count). The average Bonchev–Trinajstić information content (AvgIpc) is 2.74. The summed E-state index contributed by atoms with van der Waals surface area (Å²) in [6, 6.07) is 5.87. The molecule has 154 valence electrons. The molecule has 29 heavy (non-hydrogen) atoms. The quantitative estimate of drug-likeness (QED) is 0.773. The number of nitrogens with zero attached hydrogens (tertiary/aromatic N) is 3. The minimum Gasteiger partial charge on any atom is -0.480 e. The van der Waals surface area contributed by atoms with Crippen LogP contribution in [0.4, 0.5) is 10.2 Å². The normalized spacial score (nSPS) is 16.2. The lowest BCUT2D eigenvalue weighted by molar-refractivity contribution is -0.143. The Morgan fingerprint density at radius 3 is 2.45 bits per heavy atom. The fourth-order valence-electron chi connectivity index (χ4n) is 3.24. The monoisotopic (exact) mass is 400 g/mol. The molecule has 1 aliphatic rings. The van der Waals surface area contributed by atoms with Crippen LogP contribution in [0.15, 0.2) is 30.5 Å². The van der Waals surface area contributed by atoms with Gasteiger partial charge in [-0.2, -0.15) is 0 Å². The fraction of sp³-hybridized carbons (Fsp3) is 0.429. The summed E-state index contributed by atoms with van der Waals surface area (Å²) in [6.07, 6.45) is 4.82. The molecular formula is C21H25FN4O3.